The first-order valence-electron chi connectivity index (χ1n) is 11.2. The molecule has 168 valence electrons. The molecule has 7 nitrogen and oxygen atoms in total. The molecule has 1 amide bonds. The number of piperidine rings is 1. The Morgan fingerprint density at radius 1 is 1.16 bits per heavy atom. The number of rotatable bonds is 4. The molecule has 5 rings (SSSR count). The quantitative estimate of drug-likeness (QED) is 0.650. The van der Waals surface area contributed by atoms with Gasteiger partial charge in [-0.3, -0.25) is 9.36 Å². The van der Waals surface area contributed by atoms with Gasteiger partial charge in [0, 0.05) is 31.8 Å². The first-order valence-corrected chi connectivity index (χ1v) is 11.6. The van der Waals surface area contributed by atoms with Crippen molar-refractivity contribution in [2.45, 2.75) is 39.2 Å². The zero-order valence-electron chi connectivity index (χ0n) is 18.5. The molecule has 0 saturated carbocycles. The zero-order chi connectivity index (χ0) is 22.2. The predicted molar refractivity (Wildman–Crippen MR) is 126 cm³/mol. The molecule has 32 heavy (non-hydrogen) atoms. The number of ether oxygens (including phenoxy) is 1. The first-order chi connectivity index (χ1) is 15.5. The lowest BCUT2D eigenvalue weighted by molar-refractivity contribution is -0.126. The van der Waals surface area contributed by atoms with Crippen LogP contribution in [0.5, 0.6) is 0 Å². The number of carbonyl (C=O) groups excluding carboxylic acids is 1. The third kappa shape index (κ3) is 4.07. The number of carbonyl (C=O) groups is 1. The Labute approximate surface area is 192 Å². The van der Waals surface area contributed by atoms with Gasteiger partial charge in [-0.25, -0.2) is 9.97 Å². The highest BCUT2D eigenvalue weighted by molar-refractivity contribution is 6.30. The van der Waals surface area contributed by atoms with E-state index in [4.69, 9.17) is 21.3 Å². The number of amides is 1. The molecule has 2 aromatic heterocycles. The van der Waals surface area contributed by atoms with E-state index in [2.05, 4.69) is 45.7 Å². The third-order valence-corrected chi connectivity index (χ3v) is 6.84. The maximum atomic E-state index is 12.7. The van der Waals surface area contributed by atoms with Crippen molar-refractivity contribution in [2.24, 2.45) is 5.92 Å². The van der Waals surface area contributed by atoms with Gasteiger partial charge in [-0.15, -0.1) is 0 Å². The highest BCUT2D eigenvalue weighted by Crippen LogP contribution is 2.31. The number of benzene rings is 1. The number of fused-ring (bicyclic) bond motifs is 1. The van der Waals surface area contributed by atoms with Crippen molar-refractivity contribution < 1.29 is 9.53 Å². The van der Waals surface area contributed by atoms with Gasteiger partial charge in [-0.1, -0.05) is 11.6 Å². The zero-order valence-corrected chi connectivity index (χ0v) is 19.2. The van der Waals surface area contributed by atoms with Gasteiger partial charge in [0.1, 0.15) is 5.82 Å². The van der Waals surface area contributed by atoms with Crippen molar-refractivity contribution in [2.75, 3.05) is 31.2 Å². The minimum atomic E-state index is 0.0304. The highest BCUT2D eigenvalue weighted by atomic mass is 35.5. The molecule has 1 atom stereocenters. The molecular weight excluding hydrogens is 426 g/mol. The van der Waals surface area contributed by atoms with Crippen molar-refractivity contribution in [3.05, 3.63) is 46.6 Å². The van der Waals surface area contributed by atoms with Crippen molar-refractivity contribution in [3.8, 4) is 5.82 Å². The van der Waals surface area contributed by atoms with Crippen LogP contribution in [0.15, 0.2) is 30.5 Å². The number of nitrogens with one attached hydrogen (secondary N) is 1. The van der Waals surface area contributed by atoms with E-state index in [-0.39, 0.29) is 17.9 Å². The summed E-state index contributed by atoms with van der Waals surface area (Å²) in [6.45, 7) is 7.12. The van der Waals surface area contributed by atoms with Crippen LogP contribution in [-0.2, 0) is 9.53 Å². The number of imidazole rings is 1. The average molecular weight is 454 g/mol. The van der Waals surface area contributed by atoms with Crippen molar-refractivity contribution in [3.63, 3.8) is 0 Å². The molecule has 2 saturated heterocycles. The van der Waals surface area contributed by atoms with E-state index >= 15 is 0 Å². The van der Waals surface area contributed by atoms with E-state index in [1.165, 1.54) is 11.1 Å². The van der Waals surface area contributed by atoms with Crippen LogP contribution in [0.25, 0.3) is 16.9 Å². The molecule has 4 heterocycles. The fourth-order valence-corrected chi connectivity index (χ4v) is 4.68. The van der Waals surface area contributed by atoms with Gasteiger partial charge in [0.05, 0.1) is 28.7 Å². The van der Waals surface area contributed by atoms with Crippen LogP contribution in [0, 0.1) is 19.8 Å². The molecule has 0 radical (unpaired) electrons. The van der Waals surface area contributed by atoms with Gasteiger partial charge in [0.15, 0.2) is 0 Å². The van der Waals surface area contributed by atoms with Crippen molar-refractivity contribution in [1.82, 2.24) is 19.9 Å². The minimum absolute atomic E-state index is 0.0304. The molecule has 2 aliphatic rings. The number of aryl methyl sites for hydroxylation is 2. The predicted octanol–water partition coefficient (Wildman–Crippen LogP) is 3.81. The van der Waals surface area contributed by atoms with E-state index in [1.807, 2.05) is 12.1 Å². The Kier molecular flexibility index (Phi) is 5.78. The van der Waals surface area contributed by atoms with Crippen LogP contribution in [0.3, 0.4) is 0 Å². The minimum Gasteiger partial charge on any atom is -0.379 e. The smallest absolute Gasteiger partial charge is 0.223 e. The van der Waals surface area contributed by atoms with E-state index in [0.29, 0.717) is 11.6 Å². The molecule has 2 aliphatic heterocycles. The number of pyridine rings is 1. The van der Waals surface area contributed by atoms with Gasteiger partial charge in [0.25, 0.3) is 0 Å². The lowest BCUT2D eigenvalue weighted by atomic mass is 9.95. The number of anilines is 1. The molecule has 2 fully saturated rings. The Morgan fingerprint density at radius 2 is 1.94 bits per heavy atom. The molecule has 8 heteroatoms. The van der Waals surface area contributed by atoms with Crippen LogP contribution < -0.4 is 10.2 Å². The lowest BCUT2D eigenvalue weighted by Gasteiger charge is -2.32. The second-order valence-corrected chi connectivity index (χ2v) is 9.27. The molecule has 1 N–H and O–H groups in total. The number of aromatic nitrogens is 3. The van der Waals surface area contributed by atoms with Gasteiger partial charge in [0.2, 0.25) is 11.9 Å². The van der Waals surface area contributed by atoms with Crippen molar-refractivity contribution in [1.29, 1.82) is 0 Å². The summed E-state index contributed by atoms with van der Waals surface area (Å²) < 4.78 is 7.49. The van der Waals surface area contributed by atoms with Crippen LogP contribution in [0.1, 0.15) is 30.4 Å². The average Bonchev–Trinajstić information content (AvgIpc) is 3.43. The summed E-state index contributed by atoms with van der Waals surface area (Å²) in [6, 6.07) is 8.23. The van der Waals surface area contributed by atoms with E-state index in [9.17, 15) is 4.79 Å². The summed E-state index contributed by atoms with van der Waals surface area (Å²) in [5.74, 6) is 1.83. The fraction of sp³-hybridized carbons (Fsp3) is 0.458. The number of hydrogen-bond donors (Lipinski definition) is 1. The van der Waals surface area contributed by atoms with Crippen LogP contribution in [-0.4, -0.2) is 52.8 Å². The standard InChI is InChI=1S/C24H28ClN5O2/c1-15-11-20-21(12-16(15)2)30(22-4-3-18(25)13-26-22)24(28-20)29-8-5-17(6-9-29)23(31)27-19-7-10-32-14-19/h3-4,11-13,17,19H,5-10,14H2,1-2H3,(H,27,31)/t19-/m1/s1. The Balaban J connectivity index is 1.42. The Bertz CT molecular complexity index is 1130. The second-order valence-electron chi connectivity index (χ2n) is 8.84. The fourth-order valence-electron chi connectivity index (χ4n) is 4.57. The van der Waals surface area contributed by atoms with Gasteiger partial charge < -0.3 is 15.0 Å². The largest absolute Gasteiger partial charge is 0.379 e. The summed E-state index contributed by atoms with van der Waals surface area (Å²) in [4.78, 5) is 24.5. The van der Waals surface area contributed by atoms with Crippen LogP contribution in [0.2, 0.25) is 5.02 Å². The lowest BCUT2D eigenvalue weighted by Crippen LogP contribution is -2.44. The molecular formula is C24H28ClN5O2. The first kappa shape index (κ1) is 21.2. The summed E-state index contributed by atoms with van der Waals surface area (Å²) >= 11 is 6.09. The molecule has 0 bridgehead atoms. The molecule has 3 aromatic rings. The number of hydrogen-bond acceptors (Lipinski definition) is 5. The third-order valence-electron chi connectivity index (χ3n) is 6.62. The SMILES string of the molecule is Cc1cc2nc(N3CCC(C(=O)N[C@@H]4CCOC4)CC3)n(-c3ccc(Cl)cn3)c2cc1C. The number of nitrogens with zero attached hydrogens (tertiary/aromatic N) is 4. The molecule has 1 aromatic carbocycles. The molecule has 0 spiro atoms. The maximum Gasteiger partial charge on any atom is 0.223 e. The maximum absolute atomic E-state index is 12.7. The van der Waals surface area contributed by atoms with Gasteiger partial charge in [-0.05, 0) is 68.5 Å². The van der Waals surface area contributed by atoms with Crippen LogP contribution >= 0.6 is 11.6 Å². The topological polar surface area (TPSA) is 72.3 Å². The Hall–Kier alpha value is -2.64. The normalized spacial score (nSPS) is 19.6. The summed E-state index contributed by atoms with van der Waals surface area (Å²) in [7, 11) is 0. The van der Waals surface area contributed by atoms with Crippen LogP contribution in [0.4, 0.5) is 5.95 Å². The van der Waals surface area contributed by atoms with E-state index in [0.717, 1.165) is 61.8 Å². The summed E-state index contributed by atoms with van der Waals surface area (Å²) in [5.41, 5.74) is 4.40. The second kappa shape index (κ2) is 8.71. The molecule has 0 aliphatic carbocycles. The summed E-state index contributed by atoms with van der Waals surface area (Å²) in [6.07, 6.45) is 4.17. The van der Waals surface area contributed by atoms with Gasteiger partial charge in [-0.2, -0.15) is 0 Å². The van der Waals surface area contributed by atoms with Crippen molar-refractivity contribution >= 4 is 34.5 Å². The van der Waals surface area contributed by atoms with Gasteiger partial charge >= 0.3 is 0 Å². The van der Waals surface area contributed by atoms with E-state index in [1.54, 1.807) is 6.20 Å². The Morgan fingerprint density at radius 3 is 2.62 bits per heavy atom. The monoisotopic (exact) mass is 453 g/mol. The highest BCUT2D eigenvalue weighted by Gasteiger charge is 2.30. The number of halogens is 1. The summed E-state index contributed by atoms with van der Waals surface area (Å²) in [5, 5.41) is 3.76. The molecule has 0 unspecified atom stereocenters. The van der Waals surface area contributed by atoms with E-state index < -0.39 is 0 Å².